The summed E-state index contributed by atoms with van der Waals surface area (Å²) in [6, 6.07) is 11.0. The fraction of sp³-hybridized carbons (Fsp3) is 0.320. The number of fused-ring (bicyclic) bond motifs is 3. The van der Waals surface area contributed by atoms with Gasteiger partial charge < -0.3 is 20.5 Å². The molecule has 5 rings (SSSR count). The SMILES string of the molecule is O=C(CC1CNC(=O)c2cc3cc(NC(=O)c4c(F)cccc4Cl)ccc3n21)NC1CCCC1. The number of hydrogen-bond acceptors (Lipinski definition) is 3. The van der Waals surface area contributed by atoms with Crippen LogP contribution in [0.5, 0.6) is 0 Å². The molecule has 0 radical (unpaired) electrons. The molecule has 1 aliphatic carbocycles. The van der Waals surface area contributed by atoms with Crippen molar-refractivity contribution < 1.29 is 18.8 Å². The third-order valence-electron chi connectivity index (χ3n) is 6.52. The number of carbonyl (C=O) groups is 3. The number of amides is 3. The molecular weight excluding hydrogens is 459 g/mol. The monoisotopic (exact) mass is 482 g/mol. The number of nitrogens with zero attached hydrogens (tertiary/aromatic N) is 1. The molecule has 7 nitrogen and oxygen atoms in total. The fourth-order valence-corrected chi connectivity index (χ4v) is 5.17. The molecule has 1 unspecified atom stereocenters. The molecule has 1 aliphatic heterocycles. The van der Waals surface area contributed by atoms with Crippen molar-refractivity contribution in [1.29, 1.82) is 0 Å². The van der Waals surface area contributed by atoms with Gasteiger partial charge in [0.1, 0.15) is 11.5 Å². The molecule has 3 N–H and O–H groups in total. The van der Waals surface area contributed by atoms with E-state index in [2.05, 4.69) is 16.0 Å². The summed E-state index contributed by atoms with van der Waals surface area (Å²) in [6.45, 7) is 0.359. The zero-order valence-corrected chi connectivity index (χ0v) is 19.1. The molecule has 34 heavy (non-hydrogen) atoms. The first-order valence-electron chi connectivity index (χ1n) is 11.4. The lowest BCUT2D eigenvalue weighted by Crippen LogP contribution is -2.42. The van der Waals surface area contributed by atoms with Crippen molar-refractivity contribution in [1.82, 2.24) is 15.2 Å². The van der Waals surface area contributed by atoms with E-state index in [0.717, 1.165) is 36.6 Å². The number of halogens is 2. The van der Waals surface area contributed by atoms with Crippen molar-refractivity contribution in [2.45, 2.75) is 44.2 Å². The average Bonchev–Trinajstić information content (AvgIpc) is 3.43. The number of hydrogen-bond donors (Lipinski definition) is 3. The molecule has 176 valence electrons. The molecule has 1 aromatic heterocycles. The third kappa shape index (κ3) is 4.25. The summed E-state index contributed by atoms with van der Waals surface area (Å²) in [5.41, 5.74) is 1.45. The largest absolute Gasteiger partial charge is 0.353 e. The topological polar surface area (TPSA) is 92.2 Å². The van der Waals surface area contributed by atoms with Crippen LogP contribution in [0.25, 0.3) is 10.9 Å². The maximum absolute atomic E-state index is 14.1. The highest BCUT2D eigenvalue weighted by molar-refractivity contribution is 6.34. The first kappa shape index (κ1) is 22.4. The Morgan fingerprint density at radius 2 is 1.94 bits per heavy atom. The minimum absolute atomic E-state index is 0.0216. The van der Waals surface area contributed by atoms with Crippen LogP contribution in [-0.2, 0) is 4.79 Å². The summed E-state index contributed by atoms with van der Waals surface area (Å²) in [7, 11) is 0. The van der Waals surface area contributed by atoms with Gasteiger partial charge >= 0.3 is 0 Å². The zero-order valence-electron chi connectivity index (χ0n) is 18.4. The molecule has 2 aliphatic rings. The first-order chi connectivity index (χ1) is 16.4. The van der Waals surface area contributed by atoms with Gasteiger partial charge in [0, 0.05) is 35.6 Å². The van der Waals surface area contributed by atoms with Crippen molar-refractivity contribution in [3.05, 3.63) is 64.6 Å². The average molecular weight is 483 g/mol. The lowest BCUT2D eigenvalue weighted by atomic mass is 10.1. The summed E-state index contributed by atoms with van der Waals surface area (Å²) in [5, 5.41) is 9.39. The van der Waals surface area contributed by atoms with Crippen molar-refractivity contribution in [2.75, 3.05) is 11.9 Å². The van der Waals surface area contributed by atoms with Gasteiger partial charge in [0.15, 0.2) is 0 Å². The van der Waals surface area contributed by atoms with E-state index in [1.807, 2.05) is 4.57 Å². The molecule has 1 fully saturated rings. The number of rotatable bonds is 5. The highest BCUT2D eigenvalue weighted by Crippen LogP contribution is 2.31. The molecule has 1 atom stereocenters. The van der Waals surface area contributed by atoms with E-state index >= 15 is 0 Å². The Morgan fingerprint density at radius 3 is 2.71 bits per heavy atom. The van der Waals surface area contributed by atoms with Crippen LogP contribution in [0.3, 0.4) is 0 Å². The molecule has 2 aromatic carbocycles. The van der Waals surface area contributed by atoms with Crippen LogP contribution in [0.2, 0.25) is 5.02 Å². The molecule has 2 heterocycles. The second-order valence-corrected chi connectivity index (χ2v) is 9.25. The van der Waals surface area contributed by atoms with Gasteiger partial charge in [-0.15, -0.1) is 0 Å². The van der Waals surface area contributed by atoms with Crippen LogP contribution in [-0.4, -0.2) is 34.9 Å². The molecule has 0 saturated heterocycles. The summed E-state index contributed by atoms with van der Waals surface area (Å²) in [5.74, 6) is -1.61. The second kappa shape index (κ2) is 9.10. The molecular formula is C25H24ClFN4O3. The number of anilines is 1. The van der Waals surface area contributed by atoms with E-state index in [1.165, 1.54) is 18.2 Å². The maximum Gasteiger partial charge on any atom is 0.268 e. The van der Waals surface area contributed by atoms with Crippen LogP contribution in [0.4, 0.5) is 10.1 Å². The van der Waals surface area contributed by atoms with E-state index in [4.69, 9.17) is 11.6 Å². The van der Waals surface area contributed by atoms with Crippen LogP contribution >= 0.6 is 11.6 Å². The summed E-state index contributed by atoms with van der Waals surface area (Å²) in [6.07, 6.45) is 4.56. The van der Waals surface area contributed by atoms with Gasteiger partial charge in [0.2, 0.25) is 5.91 Å². The molecule has 1 saturated carbocycles. The van der Waals surface area contributed by atoms with Crippen molar-refractivity contribution in [3.63, 3.8) is 0 Å². The summed E-state index contributed by atoms with van der Waals surface area (Å²) < 4.78 is 16.0. The molecule has 0 spiro atoms. The van der Waals surface area contributed by atoms with Gasteiger partial charge in [-0.2, -0.15) is 0 Å². The van der Waals surface area contributed by atoms with Crippen molar-refractivity contribution in [2.24, 2.45) is 0 Å². The Hall–Kier alpha value is -3.39. The second-order valence-electron chi connectivity index (χ2n) is 8.84. The Kier molecular flexibility index (Phi) is 6.00. The number of carbonyl (C=O) groups excluding carboxylic acids is 3. The van der Waals surface area contributed by atoms with E-state index in [9.17, 15) is 18.8 Å². The Bertz CT molecular complexity index is 1280. The van der Waals surface area contributed by atoms with E-state index in [-0.39, 0.29) is 40.9 Å². The van der Waals surface area contributed by atoms with Gasteiger partial charge in [0.25, 0.3) is 11.8 Å². The van der Waals surface area contributed by atoms with Crippen LogP contribution in [0.15, 0.2) is 42.5 Å². The number of benzene rings is 2. The lowest BCUT2D eigenvalue weighted by Gasteiger charge is -2.27. The normalized spacial score (nSPS) is 17.9. The van der Waals surface area contributed by atoms with E-state index in [1.54, 1.807) is 24.3 Å². The third-order valence-corrected chi connectivity index (χ3v) is 6.84. The molecule has 3 amide bonds. The highest BCUT2D eigenvalue weighted by Gasteiger charge is 2.29. The minimum Gasteiger partial charge on any atom is -0.353 e. The number of aromatic nitrogens is 1. The lowest BCUT2D eigenvalue weighted by molar-refractivity contribution is -0.122. The maximum atomic E-state index is 14.1. The Balaban J connectivity index is 1.40. The van der Waals surface area contributed by atoms with Gasteiger partial charge in [-0.3, -0.25) is 14.4 Å². The summed E-state index contributed by atoms with van der Waals surface area (Å²) >= 11 is 6.00. The quantitative estimate of drug-likeness (QED) is 0.502. The fourth-order valence-electron chi connectivity index (χ4n) is 4.92. The van der Waals surface area contributed by atoms with Gasteiger partial charge in [-0.25, -0.2) is 4.39 Å². The van der Waals surface area contributed by atoms with Gasteiger partial charge in [-0.05, 0) is 49.2 Å². The highest BCUT2D eigenvalue weighted by atomic mass is 35.5. The predicted octanol–water partition coefficient (Wildman–Crippen LogP) is 4.42. The van der Waals surface area contributed by atoms with Gasteiger partial charge in [-0.1, -0.05) is 30.5 Å². The Morgan fingerprint density at radius 1 is 1.15 bits per heavy atom. The minimum atomic E-state index is -0.708. The van der Waals surface area contributed by atoms with Crippen molar-refractivity contribution in [3.8, 4) is 0 Å². The van der Waals surface area contributed by atoms with Gasteiger partial charge in [0.05, 0.1) is 16.6 Å². The standard InChI is InChI=1S/C25H24ClFN4O3/c26-18-6-3-7-19(27)23(18)25(34)30-16-8-9-20-14(10-16)11-21-24(33)28-13-17(31(20)21)12-22(32)29-15-4-1-2-5-15/h3,6-11,15,17H,1-2,4-5,12-13H2,(H,28,33)(H,29,32)(H,30,34). The van der Waals surface area contributed by atoms with E-state index < -0.39 is 11.7 Å². The molecule has 9 heteroatoms. The van der Waals surface area contributed by atoms with E-state index in [0.29, 0.717) is 17.9 Å². The van der Waals surface area contributed by atoms with Crippen molar-refractivity contribution >= 4 is 45.9 Å². The number of nitrogens with one attached hydrogen (secondary N) is 3. The Labute approximate surface area is 200 Å². The first-order valence-corrected chi connectivity index (χ1v) is 11.8. The predicted molar refractivity (Wildman–Crippen MR) is 128 cm³/mol. The smallest absolute Gasteiger partial charge is 0.268 e. The van der Waals surface area contributed by atoms with Crippen LogP contribution in [0, 0.1) is 5.82 Å². The summed E-state index contributed by atoms with van der Waals surface area (Å²) in [4.78, 5) is 37.8. The zero-order chi connectivity index (χ0) is 23.8. The van der Waals surface area contributed by atoms with Crippen LogP contribution in [0.1, 0.15) is 59.0 Å². The van der Waals surface area contributed by atoms with Crippen LogP contribution < -0.4 is 16.0 Å². The molecule has 3 aromatic rings. The molecule has 0 bridgehead atoms.